The van der Waals surface area contributed by atoms with Gasteiger partial charge in [0.25, 0.3) is 0 Å². The largest absolute Gasteiger partial charge is 0.309 e. The highest BCUT2D eigenvalue weighted by atomic mass is 15.0. The first-order chi connectivity index (χ1) is 23.7. The van der Waals surface area contributed by atoms with Crippen LogP contribution < -0.4 is 0 Å². The molecule has 0 spiro atoms. The molecule has 9 rings (SSSR count). The average molecular weight is 611 g/mol. The molecule has 0 aliphatic rings. The fraction of sp³-hybridized carbons (Fsp3) is 0. The standard InChI is InChI=1S/C44H26N4/c45-27-32-14-9-20-35(43(32)48-42-24-6-3-19-38(42)39-21-10-15-33(28-46)44(39)48)31-13-7-11-29(25-31)30-12-8-16-34(26-30)47-40-22-4-1-17-36(40)37-18-2-5-23-41(37)47/h1-26H. The van der Waals surface area contributed by atoms with Crippen LogP contribution in [0.4, 0.5) is 0 Å². The normalized spacial score (nSPS) is 11.3. The van der Waals surface area contributed by atoms with Crippen molar-refractivity contribution in [1.82, 2.24) is 9.13 Å². The second-order valence-corrected chi connectivity index (χ2v) is 12.0. The first kappa shape index (κ1) is 27.4. The molecule has 0 N–H and O–H groups in total. The van der Waals surface area contributed by atoms with Crippen LogP contribution in [0.2, 0.25) is 0 Å². The fourth-order valence-electron chi connectivity index (χ4n) is 7.34. The van der Waals surface area contributed by atoms with Crippen LogP contribution in [-0.4, -0.2) is 9.13 Å². The number of hydrogen-bond donors (Lipinski definition) is 0. The minimum absolute atomic E-state index is 0.543. The Kier molecular flexibility index (Phi) is 6.22. The highest BCUT2D eigenvalue weighted by Crippen LogP contribution is 2.40. The van der Waals surface area contributed by atoms with Crippen LogP contribution in [0.3, 0.4) is 0 Å². The summed E-state index contributed by atoms with van der Waals surface area (Å²) in [5.74, 6) is 0. The number of nitrogens with zero attached hydrogens (tertiary/aromatic N) is 4. The van der Waals surface area contributed by atoms with E-state index in [1.54, 1.807) is 0 Å². The Balaban J connectivity index is 1.25. The van der Waals surface area contributed by atoms with Crippen molar-refractivity contribution in [1.29, 1.82) is 10.5 Å². The summed E-state index contributed by atoms with van der Waals surface area (Å²) in [5, 5.41) is 25.1. The Morgan fingerprint density at radius 3 is 1.58 bits per heavy atom. The van der Waals surface area contributed by atoms with Gasteiger partial charge in [-0.15, -0.1) is 0 Å². The molecule has 0 atom stereocenters. The van der Waals surface area contributed by atoms with E-state index in [4.69, 9.17) is 0 Å². The van der Waals surface area contributed by atoms with Crippen molar-refractivity contribution in [2.24, 2.45) is 0 Å². The lowest BCUT2D eigenvalue weighted by molar-refractivity contribution is 1.16. The monoisotopic (exact) mass is 610 g/mol. The van der Waals surface area contributed by atoms with Gasteiger partial charge in [0, 0.05) is 32.8 Å². The van der Waals surface area contributed by atoms with Crippen molar-refractivity contribution in [2.45, 2.75) is 0 Å². The van der Waals surface area contributed by atoms with Crippen molar-refractivity contribution in [3.8, 4) is 45.8 Å². The summed E-state index contributed by atoms with van der Waals surface area (Å²) in [4.78, 5) is 0. The van der Waals surface area contributed by atoms with E-state index in [2.05, 4.69) is 143 Å². The van der Waals surface area contributed by atoms with Gasteiger partial charge >= 0.3 is 0 Å². The molecule has 4 heteroatoms. The Labute approximate surface area is 277 Å². The Morgan fingerprint density at radius 2 is 0.896 bits per heavy atom. The molecule has 7 aromatic carbocycles. The van der Waals surface area contributed by atoms with Crippen molar-refractivity contribution in [2.75, 3.05) is 0 Å². The molecule has 0 amide bonds. The lowest BCUT2D eigenvalue weighted by atomic mass is 9.96. The molecular weight excluding hydrogens is 585 g/mol. The third kappa shape index (κ3) is 4.07. The highest BCUT2D eigenvalue weighted by molar-refractivity contribution is 6.12. The maximum absolute atomic E-state index is 10.4. The first-order valence-corrected chi connectivity index (χ1v) is 15.9. The van der Waals surface area contributed by atoms with Crippen LogP contribution in [0.25, 0.3) is 77.2 Å². The van der Waals surface area contributed by atoms with Crippen LogP contribution in [0.1, 0.15) is 11.1 Å². The van der Waals surface area contributed by atoms with Crippen molar-refractivity contribution in [3.05, 3.63) is 169 Å². The first-order valence-electron chi connectivity index (χ1n) is 15.9. The second-order valence-electron chi connectivity index (χ2n) is 12.0. The molecule has 0 aliphatic heterocycles. The predicted molar refractivity (Wildman–Crippen MR) is 195 cm³/mol. The molecule has 4 nitrogen and oxygen atoms in total. The quantitative estimate of drug-likeness (QED) is 0.199. The van der Waals surface area contributed by atoms with E-state index in [1.165, 1.54) is 21.8 Å². The van der Waals surface area contributed by atoms with Crippen molar-refractivity contribution >= 4 is 43.6 Å². The molecular formula is C44H26N4. The fourth-order valence-corrected chi connectivity index (χ4v) is 7.34. The van der Waals surface area contributed by atoms with E-state index >= 15 is 0 Å². The summed E-state index contributed by atoms with van der Waals surface area (Å²) in [7, 11) is 0. The summed E-state index contributed by atoms with van der Waals surface area (Å²) in [5.41, 5.74) is 11.2. The molecule has 48 heavy (non-hydrogen) atoms. The van der Waals surface area contributed by atoms with E-state index in [0.29, 0.717) is 11.1 Å². The van der Waals surface area contributed by atoms with Gasteiger partial charge in [-0.05, 0) is 65.2 Å². The summed E-state index contributed by atoms with van der Waals surface area (Å²) in [6.07, 6.45) is 0. The Bertz CT molecular complexity index is 2760. The number of benzene rings is 7. The molecule has 9 aromatic rings. The summed E-state index contributed by atoms with van der Waals surface area (Å²) in [6.45, 7) is 0. The molecule has 2 heterocycles. The Morgan fingerprint density at radius 1 is 0.396 bits per heavy atom. The number of hydrogen-bond acceptors (Lipinski definition) is 2. The SMILES string of the molecule is N#Cc1cccc(-c2cccc(-c3cccc(-n4c5ccccc5c5ccccc54)c3)c2)c1-n1c2ccccc2c2cccc(C#N)c21. The van der Waals surface area contributed by atoms with E-state index in [0.717, 1.165) is 55.4 Å². The van der Waals surface area contributed by atoms with Gasteiger partial charge in [-0.2, -0.15) is 10.5 Å². The second kappa shape index (κ2) is 10.9. The number of aromatic nitrogens is 2. The molecule has 0 saturated heterocycles. The maximum Gasteiger partial charge on any atom is 0.101 e. The molecule has 222 valence electrons. The van der Waals surface area contributed by atoms with Gasteiger partial charge in [0.1, 0.15) is 12.1 Å². The van der Waals surface area contributed by atoms with Crippen molar-refractivity contribution in [3.63, 3.8) is 0 Å². The third-order valence-electron chi connectivity index (χ3n) is 9.39. The highest BCUT2D eigenvalue weighted by Gasteiger charge is 2.21. The van der Waals surface area contributed by atoms with E-state index in [1.807, 2.05) is 36.4 Å². The lowest BCUT2D eigenvalue weighted by Crippen LogP contribution is -2.02. The smallest absolute Gasteiger partial charge is 0.101 e. The van der Waals surface area contributed by atoms with Gasteiger partial charge in [0.05, 0.1) is 38.9 Å². The van der Waals surface area contributed by atoms with Crippen LogP contribution in [0.5, 0.6) is 0 Å². The van der Waals surface area contributed by atoms with E-state index < -0.39 is 0 Å². The van der Waals surface area contributed by atoms with Crippen molar-refractivity contribution < 1.29 is 0 Å². The zero-order chi connectivity index (χ0) is 32.2. The summed E-state index contributed by atoms with van der Waals surface area (Å²) >= 11 is 0. The average Bonchev–Trinajstić information content (AvgIpc) is 3.68. The topological polar surface area (TPSA) is 57.4 Å². The van der Waals surface area contributed by atoms with Gasteiger partial charge in [-0.3, -0.25) is 0 Å². The van der Waals surface area contributed by atoms with Crippen LogP contribution >= 0.6 is 0 Å². The van der Waals surface area contributed by atoms with Gasteiger partial charge < -0.3 is 9.13 Å². The van der Waals surface area contributed by atoms with Crippen LogP contribution in [0, 0.1) is 22.7 Å². The zero-order valence-corrected chi connectivity index (χ0v) is 25.8. The minimum Gasteiger partial charge on any atom is -0.309 e. The molecule has 0 unspecified atom stereocenters. The number of fused-ring (bicyclic) bond motifs is 6. The number of para-hydroxylation sites is 5. The molecule has 0 aliphatic carbocycles. The summed E-state index contributed by atoms with van der Waals surface area (Å²) < 4.78 is 4.44. The van der Waals surface area contributed by atoms with Gasteiger partial charge in [0.15, 0.2) is 0 Å². The predicted octanol–water partition coefficient (Wildman–Crippen LogP) is 11.0. The molecule has 0 saturated carbocycles. The van der Waals surface area contributed by atoms with E-state index in [-0.39, 0.29) is 0 Å². The molecule has 0 radical (unpaired) electrons. The number of rotatable bonds is 4. The van der Waals surface area contributed by atoms with Crippen LogP contribution in [0.15, 0.2) is 158 Å². The molecule has 0 fully saturated rings. The van der Waals surface area contributed by atoms with Gasteiger partial charge in [-0.1, -0.05) is 109 Å². The lowest BCUT2D eigenvalue weighted by Gasteiger charge is -2.17. The van der Waals surface area contributed by atoms with Gasteiger partial charge in [-0.25, -0.2) is 0 Å². The minimum atomic E-state index is 0.543. The number of nitriles is 2. The Hall–Kier alpha value is -6.88. The maximum atomic E-state index is 10.4. The summed E-state index contributed by atoms with van der Waals surface area (Å²) in [6, 6.07) is 59.0. The molecule has 0 bridgehead atoms. The molecule has 2 aromatic heterocycles. The zero-order valence-electron chi connectivity index (χ0n) is 25.8. The third-order valence-corrected chi connectivity index (χ3v) is 9.39. The van der Waals surface area contributed by atoms with E-state index in [9.17, 15) is 10.5 Å². The van der Waals surface area contributed by atoms with Crippen LogP contribution in [-0.2, 0) is 0 Å². The van der Waals surface area contributed by atoms with Gasteiger partial charge in [0.2, 0.25) is 0 Å².